The summed E-state index contributed by atoms with van der Waals surface area (Å²) in [6.45, 7) is 3.75. The monoisotopic (exact) mass is 405 g/mol. The zero-order valence-electron chi connectivity index (χ0n) is 14.9. The summed E-state index contributed by atoms with van der Waals surface area (Å²) in [6.07, 6.45) is 10.9. The van der Waals surface area contributed by atoms with Gasteiger partial charge in [-0.1, -0.05) is 12.2 Å². The van der Waals surface area contributed by atoms with Crippen LogP contribution < -0.4 is 30.9 Å². The van der Waals surface area contributed by atoms with Crippen LogP contribution in [0.4, 0.5) is 5.69 Å². The second-order valence-electron chi connectivity index (χ2n) is 7.49. The number of halogens is 1. The number of hydrogen-bond acceptors (Lipinski definition) is 3. The van der Waals surface area contributed by atoms with Crippen molar-refractivity contribution in [3.63, 3.8) is 0 Å². The van der Waals surface area contributed by atoms with Gasteiger partial charge in [0.05, 0.1) is 37.8 Å². The number of methoxy groups -OCH3 is 1. The number of benzene rings is 1. The van der Waals surface area contributed by atoms with Crippen LogP contribution in [0.3, 0.4) is 0 Å². The molecule has 3 unspecified atom stereocenters. The highest BCUT2D eigenvalue weighted by atomic mass is 79.9. The molecular weight excluding hydrogens is 382 g/mol. The van der Waals surface area contributed by atoms with Gasteiger partial charge in [0, 0.05) is 18.4 Å². The molecule has 134 valence electrons. The third-order valence-electron chi connectivity index (χ3n) is 6.00. The minimum Gasteiger partial charge on any atom is -1.00 e. The predicted octanol–water partition coefficient (Wildman–Crippen LogP) is -0.699. The van der Waals surface area contributed by atoms with Crippen molar-refractivity contribution in [3.05, 3.63) is 29.3 Å². The minimum absolute atomic E-state index is 0. The van der Waals surface area contributed by atoms with E-state index in [4.69, 9.17) is 15.9 Å². The highest BCUT2D eigenvalue weighted by Gasteiger charge is 2.58. The molecular formula is C20H24BrNO3. The Morgan fingerprint density at radius 1 is 1.52 bits per heavy atom. The molecule has 1 spiro atoms. The number of nitrogens with zero attached hydrogens (tertiary/aromatic N) is 1. The summed E-state index contributed by atoms with van der Waals surface area (Å²) in [5, 5.41) is 10.1. The number of hydrogen-bond donors (Lipinski definition) is 1. The lowest BCUT2D eigenvalue weighted by molar-refractivity contribution is -0.00000949. The van der Waals surface area contributed by atoms with E-state index in [0.717, 1.165) is 28.9 Å². The Kier molecular flexibility index (Phi) is 4.43. The fraction of sp³-hybridized carbons (Fsp3) is 0.500. The van der Waals surface area contributed by atoms with E-state index in [9.17, 15) is 5.11 Å². The van der Waals surface area contributed by atoms with Gasteiger partial charge in [-0.2, -0.15) is 0 Å². The first-order chi connectivity index (χ1) is 11.4. The molecule has 3 aliphatic rings. The number of aliphatic hydroxyl groups is 1. The number of rotatable bonds is 2. The van der Waals surface area contributed by atoms with Gasteiger partial charge in [0.25, 0.3) is 0 Å². The van der Waals surface area contributed by atoms with E-state index in [-0.39, 0.29) is 28.5 Å². The van der Waals surface area contributed by atoms with Crippen molar-refractivity contribution in [3.8, 4) is 23.8 Å². The molecule has 0 saturated heterocycles. The molecule has 4 atom stereocenters. The van der Waals surface area contributed by atoms with Crippen molar-refractivity contribution >= 4 is 5.69 Å². The molecule has 4 nitrogen and oxygen atoms in total. The lowest BCUT2D eigenvalue weighted by Gasteiger charge is -2.46. The van der Waals surface area contributed by atoms with E-state index < -0.39 is 6.10 Å². The fourth-order valence-electron chi connectivity index (χ4n) is 4.87. The van der Waals surface area contributed by atoms with Crippen LogP contribution in [0, 0.1) is 19.3 Å². The van der Waals surface area contributed by atoms with Gasteiger partial charge in [-0.15, -0.1) is 6.42 Å². The number of terminal acetylenes is 1. The van der Waals surface area contributed by atoms with Crippen LogP contribution in [0.5, 0.6) is 11.5 Å². The second kappa shape index (κ2) is 6.05. The molecule has 25 heavy (non-hydrogen) atoms. The van der Waals surface area contributed by atoms with Crippen molar-refractivity contribution < 1.29 is 31.6 Å². The van der Waals surface area contributed by atoms with Crippen molar-refractivity contribution in [1.82, 2.24) is 4.48 Å². The topological polar surface area (TPSA) is 38.7 Å². The number of ether oxygens (including phenoxy) is 2. The Balaban J connectivity index is 0.00000182. The Labute approximate surface area is 159 Å². The molecule has 0 radical (unpaired) electrons. The highest BCUT2D eigenvalue weighted by Crippen LogP contribution is 2.60. The predicted molar refractivity (Wildman–Crippen MR) is 94.5 cm³/mol. The average Bonchev–Trinajstić information content (AvgIpc) is 2.87. The number of aryl methyl sites for hydroxylation is 1. The van der Waals surface area contributed by atoms with E-state index in [0.29, 0.717) is 13.0 Å². The zero-order chi connectivity index (χ0) is 17.1. The number of quaternary nitrogens is 1. The molecule has 1 aromatic rings. The Morgan fingerprint density at radius 2 is 2.28 bits per heavy atom. The summed E-state index contributed by atoms with van der Waals surface area (Å²) in [4.78, 5) is 0. The van der Waals surface area contributed by atoms with Gasteiger partial charge in [0.1, 0.15) is 18.3 Å². The normalized spacial score (nSPS) is 34.2. The van der Waals surface area contributed by atoms with E-state index in [1.54, 1.807) is 7.11 Å². The Hall–Kier alpha value is -1.48. The lowest BCUT2D eigenvalue weighted by atomic mass is 9.66. The van der Waals surface area contributed by atoms with Gasteiger partial charge < -0.3 is 31.6 Å². The van der Waals surface area contributed by atoms with Gasteiger partial charge in [-0.3, -0.25) is 4.48 Å². The first-order valence-corrected chi connectivity index (χ1v) is 8.50. The maximum atomic E-state index is 10.1. The van der Waals surface area contributed by atoms with Crippen LogP contribution in [0.1, 0.15) is 24.0 Å². The van der Waals surface area contributed by atoms with Gasteiger partial charge in [0.15, 0.2) is 11.5 Å². The van der Waals surface area contributed by atoms with Gasteiger partial charge >= 0.3 is 0 Å². The van der Waals surface area contributed by atoms with Crippen LogP contribution in [0.25, 0.3) is 0 Å². The summed E-state index contributed by atoms with van der Waals surface area (Å²) in [5.74, 6) is 4.46. The summed E-state index contributed by atoms with van der Waals surface area (Å²) >= 11 is 0. The van der Waals surface area contributed by atoms with Gasteiger partial charge in [-0.25, -0.2) is 0 Å². The number of aliphatic hydroxyl groups excluding tert-OH is 1. The molecule has 0 bridgehead atoms. The molecule has 0 fully saturated rings. The van der Waals surface area contributed by atoms with E-state index in [1.165, 1.54) is 16.8 Å². The SMILES string of the molecule is C#CC[N+]1(C)CCC23C=C[C@H](O)CC2Oc2c(OC)cc(C)c1c23.[Br-]. The first-order valence-electron chi connectivity index (χ1n) is 8.50. The van der Waals surface area contributed by atoms with Crippen LogP contribution in [0.15, 0.2) is 18.2 Å². The van der Waals surface area contributed by atoms with E-state index >= 15 is 0 Å². The van der Waals surface area contributed by atoms with Crippen LogP contribution in [-0.4, -0.2) is 44.6 Å². The molecule has 2 aliphatic heterocycles. The maximum Gasteiger partial charge on any atom is 0.171 e. The molecule has 0 amide bonds. The van der Waals surface area contributed by atoms with Crippen LogP contribution in [0.2, 0.25) is 0 Å². The highest BCUT2D eigenvalue weighted by molar-refractivity contribution is 5.74. The Bertz CT molecular complexity index is 784. The van der Waals surface area contributed by atoms with E-state index in [2.05, 4.69) is 32.0 Å². The fourth-order valence-corrected chi connectivity index (χ4v) is 4.87. The first kappa shape index (κ1) is 18.3. The van der Waals surface area contributed by atoms with Crippen molar-refractivity contribution in [2.24, 2.45) is 0 Å². The summed E-state index contributed by atoms with van der Waals surface area (Å²) in [6, 6.07) is 2.05. The van der Waals surface area contributed by atoms with E-state index in [1.807, 2.05) is 6.08 Å². The van der Waals surface area contributed by atoms with Gasteiger partial charge in [0.2, 0.25) is 0 Å². The summed E-state index contributed by atoms with van der Waals surface area (Å²) in [7, 11) is 3.88. The maximum absolute atomic E-state index is 10.1. The molecule has 0 saturated carbocycles. The smallest absolute Gasteiger partial charge is 0.171 e. The van der Waals surface area contributed by atoms with Crippen molar-refractivity contribution in [2.75, 3.05) is 27.2 Å². The van der Waals surface area contributed by atoms with Gasteiger partial charge in [-0.05, 0) is 18.9 Å². The lowest BCUT2D eigenvalue weighted by Crippen LogP contribution is -3.00. The Morgan fingerprint density at radius 3 is 2.96 bits per heavy atom. The molecule has 2 heterocycles. The van der Waals surface area contributed by atoms with Crippen molar-refractivity contribution in [2.45, 2.75) is 37.4 Å². The standard InChI is InChI=1S/C20H24NO3.BrH/c1-5-9-21(3)10-8-20-7-6-14(22)12-16(20)24-19-15(23-4)11-13(2)18(21)17(19)20;/h1,6-7,11,14,16,22H,8-10,12H2,2-4H3;1H/q+1;/p-1/t14-,16?,20?,21?;/m0./s1. The summed E-state index contributed by atoms with van der Waals surface area (Å²) in [5.41, 5.74) is 3.50. The van der Waals surface area contributed by atoms with Crippen molar-refractivity contribution in [1.29, 1.82) is 0 Å². The average molecular weight is 406 g/mol. The molecule has 5 heteroatoms. The summed E-state index contributed by atoms with van der Waals surface area (Å²) < 4.78 is 12.7. The largest absolute Gasteiger partial charge is 1.00 e. The second-order valence-corrected chi connectivity index (χ2v) is 7.49. The molecule has 1 aromatic carbocycles. The third kappa shape index (κ3) is 2.35. The van der Waals surface area contributed by atoms with Crippen LogP contribution in [-0.2, 0) is 5.41 Å². The molecule has 1 aliphatic carbocycles. The molecule has 4 rings (SSSR count). The third-order valence-corrected chi connectivity index (χ3v) is 6.00. The molecule has 1 N–H and O–H groups in total. The zero-order valence-corrected chi connectivity index (χ0v) is 16.5. The van der Waals surface area contributed by atoms with Crippen LogP contribution >= 0.6 is 0 Å². The quantitative estimate of drug-likeness (QED) is 0.401. The minimum atomic E-state index is -0.445. The molecule has 0 aromatic heterocycles.